The van der Waals surface area contributed by atoms with E-state index in [1.165, 1.54) is 15.8 Å². The first-order valence-corrected chi connectivity index (χ1v) is 10.5. The van der Waals surface area contributed by atoms with Crippen molar-refractivity contribution in [2.75, 3.05) is 37.6 Å². The second kappa shape index (κ2) is 8.19. The Bertz CT molecular complexity index is 924. The summed E-state index contributed by atoms with van der Waals surface area (Å²) in [7, 11) is 0. The van der Waals surface area contributed by atoms with Gasteiger partial charge in [0.15, 0.2) is 0 Å². The number of anilines is 1. The highest BCUT2D eigenvalue weighted by Gasteiger charge is 2.20. The molecule has 2 aromatic heterocycles. The number of aromatic nitrogens is 2. The number of rotatable bonds is 5. The maximum Gasteiger partial charge on any atom is 0.141 e. The van der Waals surface area contributed by atoms with Crippen LogP contribution in [0.4, 0.5) is 5.82 Å². The van der Waals surface area contributed by atoms with Crippen LogP contribution in [0.15, 0.2) is 42.5 Å². The minimum absolute atomic E-state index is 0.871. The number of hydrogen-bond donors (Lipinski definition) is 0. The Morgan fingerprint density at radius 3 is 2.59 bits per heavy atom. The Hall–Kier alpha value is -2.24. The van der Waals surface area contributed by atoms with E-state index in [1.807, 2.05) is 6.92 Å². The zero-order valence-electron chi connectivity index (χ0n) is 16.1. The van der Waals surface area contributed by atoms with E-state index in [1.54, 1.807) is 11.3 Å². The highest BCUT2D eigenvalue weighted by Crippen LogP contribution is 2.31. The van der Waals surface area contributed by atoms with Crippen molar-refractivity contribution in [2.24, 2.45) is 0 Å². The second-order valence-electron chi connectivity index (χ2n) is 6.98. The number of thiophene rings is 1. The molecule has 1 saturated heterocycles. The van der Waals surface area contributed by atoms with E-state index in [-0.39, 0.29) is 0 Å². The van der Waals surface area contributed by atoms with Gasteiger partial charge in [-0.1, -0.05) is 49.4 Å². The quantitative estimate of drug-likeness (QED) is 0.659. The fraction of sp³-hybridized carbons (Fsp3) is 0.364. The van der Waals surface area contributed by atoms with E-state index in [0.29, 0.717) is 0 Å². The average Bonchev–Trinajstić information content (AvgIpc) is 3.12. The van der Waals surface area contributed by atoms with Gasteiger partial charge in [0.2, 0.25) is 0 Å². The van der Waals surface area contributed by atoms with Crippen LogP contribution in [0.1, 0.15) is 23.2 Å². The summed E-state index contributed by atoms with van der Waals surface area (Å²) in [5.74, 6) is 1.99. The van der Waals surface area contributed by atoms with Gasteiger partial charge in [-0.3, -0.25) is 4.90 Å². The molecule has 0 amide bonds. The largest absolute Gasteiger partial charge is 0.353 e. The lowest BCUT2D eigenvalue weighted by Crippen LogP contribution is -2.46. The normalized spacial score (nSPS) is 15.9. The number of benzene rings is 1. The molecular formula is C22H26N4S. The summed E-state index contributed by atoms with van der Waals surface area (Å²) in [6.45, 7) is 9.36. The summed E-state index contributed by atoms with van der Waals surface area (Å²) in [6.07, 6.45) is 5.53. The average molecular weight is 379 g/mol. The monoisotopic (exact) mass is 378 g/mol. The van der Waals surface area contributed by atoms with Crippen molar-refractivity contribution in [3.63, 3.8) is 0 Å². The van der Waals surface area contributed by atoms with Crippen molar-refractivity contribution in [1.82, 2.24) is 14.9 Å². The number of nitrogens with zero attached hydrogens (tertiary/aromatic N) is 4. The molecule has 4 rings (SSSR count). The molecule has 0 radical (unpaired) electrons. The Labute approximate surface area is 165 Å². The van der Waals surface area contributed by atoms with E-state index < -0.39 is 0 Å². The van der Waals surface area contributed by atoms with Gasteiger partial charge in [-0.15, -0.1) is 11.3 Å². The molecule has 0 aliphatic carbocycles. The Balaban J connectivity index is 1.41. The predicted molar refractivity (Wildman–Crippen MR) is 116 cm³/mol. The molecule has 140 valence electrons. The van der Waals surface area contributed by atoms with Gasteiger partial charge in [0.25, 0.3) is 0 Å². The smallest absolute Gasteiger partial charge is 0.141 e. The van der Waals surface area contributed by atoms with Crippen LogP contribution >= 0.6 is 11.3 Å². The summed E-state index contributed by atoms with van der Waals surface area (Å²) < 4.78 is 0. The molecule has 1 aromatic carbocycles. The topological polar surface area (TPSA) is 32.3 Å². The van der Waals surface area contributed by atoms with E-state index >= 15 is 0 Å². The Morgan fingerprint density at radius 2 is 1.85 bits per heavy atom. The van der Waals surface area contributed by atoms with Gasteiger partial charge in [-0.25, -0.2) is 9.97 Å². The lowest BCUT2D eigenvalue weighted by Gasteiger charge is -2.35. The number of aryl methyl sites for hydroxylation is 2. The van der Waals surface area contributed by atoms with Crippen molar-refractivity contribution in [3.8, 4) is 0 Å². The summed E-state index contributed by atoms with van der Waals surface area (Å²) >= 11 is 1.80. The van der Waals surface area contributed by atoms with Crippen molar-refractivity contribution in [3.05, 3.63) is 58.7 Å². The molecule has 5 heteroatoms. The van der Waals surface area contributed by atoms with Crippen LogP contribution in [0.3, 0.4) is 0 Å². The molecule has 4 nitrogen and oxygen atoms in total. The third-order valence-electron chi connectivity index (χ3n) is 5.03. The van der Waals surface area contributed by atoms with E-state index in [9.17, 15) is 0 Å². The van der Waals surface area contributed by atoms with Crippen molar-refractivity contribution < 1.29 is 0 Å². The zero-order chi connectivity index (χ0) is 18.6. The molecule has 3 heterocycles. The fourth-order valence-electron chi connectivity index (χ4n) is 3.52. The van der Waals surface area contributed by atoms with Crippen LogP contribution in [0.5, 0.6) is 0 Å². The third-order valence-corrected chi connectivity index (χ3v) is 6.20. The van der Waals surface area contributed by atoms with Gasteiger partial charge in [-0.2, -0.15) is 0 Å². The second-order valence-corrected chi connectivity index (χ2v) is 8.10. The molecule has 27 heavy (non-hydrogen) atoms. The fourth-order valence-corrected chi connectivity index (χ4v) is 4.53. The lowest BCUT2D eigenvalue weighted by molar-refractivity contribution is 0.284. The minimum Gasteiger partial charge on any atom is -0.353 e. The molecule has 1 fully saturated rings. The standard InChI is InChI=1S/C22H26N4S/c1-3-19-16-20-21(23-17(2)24-22(20)27-19)26-14-12-25(13-15-26)11-7-10-18-8-5-4-6-9-18/h4-10,16H,3,11-15H2,1-2H3/b10-7+. The number of piperazine rings is 1. The minimum atomic E-state index is 0.871. The Morgan fingerprint density at radius 1 is 1.07 bits per heavy atom. The highest BCUT2D eigenvalue weighted by molar-refractivity contribution is 7.18. The Kier molecular flexibility index (Phi) is 5.50. The SMILES string of the molecule is CCc1cc2c(N3CCN(C/C=C/c4ccccc4)CC3)nc(C)nc2s1. The van der Waals surface area contributed by atoms with Gasteiger partial charge >= 0.3 is 0 Å². The summed E-state index contributed by atoms with van der Waals surface area (Å²) in [4.78, 5) is 16.9. The van der Waals surface area contributed by atoms with Crippen molar-refractivity contribution in [1.29, 1.82) is 0 Å². The van der Waals surface area contributed by atoms with Crippen LogP contribution in [0, 0.1) is 6.92 Å². The molecule has 0 unspecified atom stereocenters. The molecule has 1 aliphatic rings. The molecule has 0 N–H and O–H groups in total. The summed E-state index contributed by atoms with van der Waals surface area (Å²) in [5, 5.41) is 1.22. The maximum absolute atomic E-state index is 4.79. The zero-order valence-corrected chi connectivity index (χ0v) is 16.9. The molecule has 0 saturated carbocycles. The first-order valence-electron chi connectivity index (χ1n) is 9.69. The molecule has 0 spiro atoms. The number of fused-ring (bicyclic) bond motifs is 1. The van der Waals surface area contributed by atoms with Crippen molar-refractivity contribution >= 4 is 33.4 Å². The molecule has 0 atom stereocenters. The van der Waals surface area contributed by atoms with Crippen LogP contribution in [-0.4, -0.2) is 47.6 Å². The number of hydrogen-bond acceptors (Lipinski definition) is 5. The van der Waals surface area contributed by atoms with E-state index in [2.05, 4.69) is 70.3 Å². The molecular weight excluding hydrogens is 352 g/mol. The molecule has 1 aliphatic heterocycles. The van der Waals surface area contributed by atoms with Gasteiger partial charge in [0, 0.05) is 37.6 Å². The first kappa shape index (κ1) is 18.1. The van der Waals surface area contributed by atoms with Crippen molar-refractivity contribution in [2.45, 2.75) is 20.3 Å². The van der Waals surface area contributed by atoms with Crippen LogP contribution < -0.4 is 4.90 Å². The van der Waals surface area contributed by atoms with Crippen LogP contribution in [0.2, 0.25) is 0 Å². The lowest BCUT2D eigenvalue weighted by atomic mass is 10.2. The molecule has 0 bridgehead atoms. The van der Waals surface area contributed by atoms with Crippen LogP contribution in [-0.2, 0) is 6.42 Å². The van der Waals surface area contributed by atoms with Gasteiger partial charge in [0.05, 0.1) is 5.39 Å². The third kappa shape index (κ3) is 4.20. The van der Waals surface area contributed by atoms with Crippen LogP contribution in [0.25, 0.3) is 16.3 Å². The van der Waals surface area contributed by atoms with E-state index in [0.717, 1.165) is 55.6 Å². The summed E-state index contributed by atoms with van der Waals surface area (Å²) in [6, 6.07) is 12.8. The van der Waals surface area contributed by atoms with E-state index in [4.69, 9.17) is 4.98 Å². The van der Waals surface area contributed by atoms with Gasteiger partial charge in [-0.05, 0) is 25.0 Å². The van der Waals surface area contributed by atoms with Gasteiger partial charge in [0.1, 0.15) is 16.5 Å². The van der Waals surface area contributed by atoms with Gasteiger partial charge < -0.3 is 4.90 Å². The summed E-state index contributed by atoms with van der Waals surface area (Å²) in [5.41, 5.74) is 1.26. The predicted octanol–water partition coefficient (Wildman–Crippen LogP) is 4.40. The highest BCUT2D eigenvalue weighted by atomic mass is 32.1. The maximum atomic E-state index is 4.79. The first-order chi connectivity index (χ1) is 13.2. The molecule has 3 aromatic rings.